The zero-order valence-electron chi connectivity index (χ0n) is 9.38. The van der Waals surface area contributed by atoms with Gasteiger partial charge in [-0.2, -0.15) is 0 Å². The van der Waals surface area contributed by atoms with Crippen LogP contribution in [0.15, 0.2) is 48.5 Å². The number of nitrogens with zero attached hydrogens (tertiary/aromatic N) is 1. The highest BCUT2D eigenvalue weighted by Crippen LogP contribution is 2.10. The molecule has 86 valence electrons. The van der Waals surface area contributed by atoms with Crippen LogP contribution in [-0.4, -0.2) is 18.0 Å². The number of rotatable bonds is 3. The fourth-order valence-electron chi connectivity index (χ4n) is 1.37. The predicted octanol–water partition coefficient (Wildman–Crippen LogP) is 2.34. The minimum Gasteiger partial charge on any atom is -0.481 e. The number of anilines is 1. The number of aromatic nitrogens is 1. The molecule has 2 aromatic rings. The summed E-state index contributed by atoms with van der Waals surface area (Å²) in [6.45, 7) is 0. The third-order valence-electron chi connectivity index (χ3n) is 2.20. The van der Waals surface area contributed by atoms with E-state index in [-0.39, 0.29) is 5.91 Å². The van der Waals surface area contributed by atoms with Crippen molar-refractivity contribution in [3.63, 3.8) is 0 Å². The van der Waals surface area contributed by atoms with Gasteiger partial charge in [0.05, 0.1) is 7.11 Å². The van der Waals surface area contributed by atoms with Gasteiger partial charge in [0.2, 0.25) is 5.88 Å². The molecule has 0 spiro atoms. The van der Waals surface area contributed by atoms with Crippen molar-refractivity contribution >= 4 is 11.6 Å². The van der Waals surface area contributed by atoms with Crippen LogP contribution in [0, 0.1) is 0 Å². The van der Waals surface area contributed by atoms with E-state index in [1.807, 2.05) is 30.3 Å². The maximum atomic E-state index is 11.9. The van der Waals surface area contributed by atoms with Crippen LogP contribution in [0.3, 0.4) is 0 Å². The summed E-state index contributed by atoms with van der Waals surface area (Å²) in [5.41, 5.74) is 1.07. The van der Waals surface area contributed by atoms with Gasteiger partial charge in [-0.05, 0) is 18.2 Å². The van der Waals surface area contributed by atoms with Gasteiger partial charge in [-0.3, -0.25) is 4.79 Å². The minimum atomic E-state index is -0.255. The van der Waals surface area contributed by atoms with Crippen LogP contribution in [0.4, 0.5) is 5.69 Å². The first-order chi connectivity index (χ1) is 8.29. The fourth-order valence-corrected chi connectivity index (χ4v) is 1.37. The van der Waals surface area contributed by atoms with E-state index >= 15 is 0 Å². The van der Waals surface area contributed by atoms with E-state index in [4.69, 9.17) is 4.74 Å². The highest BCUT2D eigenvalue weighted by molar-refractivity contribution is 6.02. The molecule has 0 radical (unpaired) electrons. The molecule has 0 aliphatic rings. The van der Waals surface area contributed by atoms with Gasteiger partial charge in [0.1, 0.15) is 5.69 Å². The molecule has 0 saturated heterocycles. The van der Waals surface area contributed by atoms with Crippen LogP contribution in [0.2, 0.25) is 0 Å². The lowest BCUT2D eigenvalue weighted by Crippen LogP contribution is -2.13. The van der Waals surface area contributed by atoms with Crippen LogP contribution < -0.4 is 10.1 Å². The second kappa shape index (κ2) is 5.12. The molecule has 0 unspecified atom stereocenters. The van der Waals surface area contributed by atoms with Crippen molar-refractivity contribution in [1.82, 2.24) is 4.98 Å². The Morgan fingerprint density at radius 2 is 1.88 bits per heavy atom. The first-order valence-corrected chi connectivity index (χ1v) is 5.17. The topological polar surface area (TPSA) is 51.2 Å². The number of methoxy groups -OCH3 is 1. The summed E-state index contributed by atoms with van der Waals surface area (Å²) >= 11 is 0. The minimum absolute atomic E-state index is 0.255. The molecule has 2 rings (SSSR count). The van der Waals surface area contributed by atoms with E-state index < -0.39 is 0 Å². The number of carbonyl (C=O) groups is 1. The van der Waals surface area contributed by atoms with Gasteiger partial charge in [0.15, 0.2) is 0 Å². The number of amides is 1. The Labute approximate surface area is 99.3 Å². The quantitative estimate of drug-likeness (QED) is 0.877. The molecule has 0 bridgehead atoms. The van der Waals surface area contributed by atoms with Gasteiger partial charge < -0.3 is 10.1 Å². The SMILES string of the molecule is COc1cccc(C(=O)Nc2ccccc2)n1. The van der Waals surface area contributed by atoms with Crippen molar-refractivity contribution in [2.75, 3.05) is 12.4 Å². The summed E-state index contributed by atoms with van der Waals surface area (Å²) in [6, 6.07) is 14.3. The summed E-state index contributed by atoms with van der Waals surface area (Å²) < 4.78 is 4.96. The molecule has 0 fully saturated rings. The summed E-state index contributed by atoms with van der Waals surface area (Å²) in [5, 5.41) is 2.75. The van der Waals surface area contributed by atoms with Crippen molar-refractivity contribution in [1.29, 1.82) is 0 Å². The van der Waals surface area contributed by atoms with Crippen LogP contribution in [0.1, 0.15) is 10.5 Å². The van der Waals surface area contributed by atoms with Gasteiger partial charge >= 0.3 is 0 Å². The Hall–Kier alpha value is -2.36. The van der Waals surface area contributed by atoms with E-state index in [0.29, 0.717) is 11.6 Å². The Balaban J connectivity index is 2.14. The highest BCUT2D eigenvalue weighted by atomic mass is 16.5. The number of pyridine rings is 1. The van der Waals surface area contributed by atoms with Crippen LogP contribution in [-0.2, 0) is 0 Å². The predicted molar refractivity (Wildman–Crippen MR) is 65.2 cm³/mol. The first-order valence-electron chi connectivity index (χ1n) is 5.17. The first kappa shape index (κ1) is 11.1. The molecule has 1 amide bonds. The lowest BCUT2D eigenvalue weighted by Gasteiger charge is -2.05. The molecule has 0 atom stereocenters. The molecule has 1 N–H and O–H groups in total. The molecule has 1 aromatic carbocycles. The Bertz CT molecular complexity index is 512. The Morgan fingerprint density at radius 1 is 1.12 bits per heavy atom. The van der Waals surface area contributed by atoms with Gasteiger partial charge in [-0.15, -0.1) is 0 Å². The van der Waals surface area contributed by atoms with Crippen molar-refractivity contribution in [2.45, 2.75) is 0 Å². The second-order valence-corrected chi connectivity index (χ2v) is 3.39. The third kappa shape index (κ3) is 2.81. The summed E-state index contributed by atoms with van der Waals surface area (Å²) in [7, 11) is 1.52. The molecule has 0 saturated carbocycles. The van der Waals surface area contributed by atoms with Crippen molar-refractivity contribution in [3.05, 3.63) is 54.2 Å². The normalized spacial score (nSPS) is 9.71. The number of benzene rings is 1. The standard InChI is InChI=1S/C13H12N2O2/c1-17-12-9-5-8-11(15-12)13(16)14-10-6-3-2-4-7-10/h2-9H,1H3,(H,14,16). The van der Waals surface area contributed by atoms with Crippen molar-refractivity contribution in [3.8, 4) is 5.88 Å². The van der Waals surface area contributed by atoms with Gasteiger partial charge in [-0.1, -0.05) is 24.3 Å². The van der Waals surface area contributed by atoms with Crippen molar-refractivity contribution in [2.24, 2.45) is 0 Å². The molecule has 1 aromatic heterocycles. The van der Waals surface area contributed by atoms with E-state index in [0.717, 1.165) is 5.69 Å². The second-order valence-electron chi connectivity index (χ2n) is 3.39. The summed E-state index contributed by atoms with van der Waals surface area (Å²) in [5.74, 6) is 0.167. The highest BCUT2D eigenvalue weighted by Gasteiger charge is 2.08. The fraction of sp³-hybridized carbons (Fsp3) is 0.0769. The van der Waals surface area contributed by atoms with Crippen molar-refractivity contribution < 1.29 is 9.53 Å². The maximum Gasteiger partial charge on any atom is 0.274 e. The zero-order chi connectivity index (χ0) is 12.1. The number of hydrogen-bond donors (Lipinski definition) is 1. The number of ether oxygens (including phenoxy) is 1. The van der Waals surface area contributed by atoms with Crippen LogP contribution >= 0.6 is 0 Å². The average molecular weight is 228 g/mol. The molecule has 4 nitrogen and oxygen atoms in total. The number of carbonyl (C=O) groups excluding carboxylic acids is 1. The molecule has 1 heterocycles. The van der Waals surface area contributed by atoms with Gasteiger partial charge in [0, 0.05) is 11.8 Å². The Morgan fingerprint density at radius 3 is 2.59 bits per heavy atom. The van der Waals surface area contributed by atoms with Gasteiger partial charge in [-0.25, -0.2) is 4.98 Å². The largest absolute Gasteiger partial charge is 0.481 e. The molecule has 0 aliphatic carbocycles. The lowest BCUT2D eigenvalue weighted by molar-refractivity contribution is 0.102. The van der Waals surface area contributed by atoms with Gasteiger partial charge in [0.25, 0.3) is 5.91 Å². The molecular weight excluding hydrogens is 216 g/mol. The summed E-state index contributed by atoms with van der Waals surface area (Å²) in [6.07, 6.45) is 0. The van der Waals surface area contributed by atoms with E-state index in [1.54, 1.807) is 18.2 Å². The smallest absolute Gasteiger partial charge is 0.274 e. The van der Waals surface area contributed by atoms with E-state index in [2.05, 4.69) is 10.3 Å². The number of nitrogens with one attached hydrogen (secondary N) is 1. The zero-order valence-corrected chi connectivity index (χ0v) is 9.38. The average Bonchev–Trinajstić information content (AvgIpc) is 2.40. The molecular formula is C13H12N2O2. The third-order valence-corrected chi connectivity index (χ3v) is 2.20. The van der Waals surface area contributed by atoms with E-state index in [1.165, 1.54) is 7.11 Å². The van der Waals surface area contributed by atoms with E-state index in [9.17, 15) is 4.79 Å². The maximum absolute atomic E-state index is 11.9. The monoisotopic (exact) mass is 228 g/mol. The molecule has 0 aliphatic heterocycles. The Kier molecular flexibility index (Phi) is 3.35. The number of hydrogen-bond acceptors (Lipinski definition) is 3. The van der Waals surface area contributed by atoms with Crippen LogP contribution in [0.25, 0.3) is 0 Å². The number of para-hydroxylation sites is 1. The molecule has 4 heteroatoms. The lowest BCUT2D eigenvalue weighted by atomic mass is 10.3. The molecule has 17 heavy (non-hydrogen) atoms. The summed E-state index contributed by atoms with van der Waals surface area (Å²) in [4.78, 5) is 15.9. The van der Waals surface area contributed by atoms with Crippen LogP contribution in [0.5, 0.6) is 5.88 Å².